The molecule has 0 radical (unpaired) electrons. The van der Waals surface area contributed by atoms with Crippen molar-refractivity contribution in [3.05, 3.63) is 46.4 Å². The summed E-state index contributed by atoms with van der Waals surface area (Å²) < 4.78 is 95.2. The number of hydrogen-bond donors (Lipinski definition) is 3. The highest BCUT2D eigenvalue weighted by Crippen LogP contribution is 2.34. The number of alkyl halides is 9. The van der Waals surface area contributed by atoms with Crippen molar-refractivity contribution in [3.63, 3.8) is 0 Å². The van der Waals surface area contributed by atoms with Crippen LogP contribution in [0, 0.1) is 6.92 Å². The first-order valence-corrected chi connectivity index (χ1v) is 13.3. The second-order valence-electron chi connectivity index (χ2n) is 9.65. The maximum atomic E-state index is 12.6. The van der Waals surface area contributed by atoms with Gasteiger partial charge >= 0.3 is 36.4 Å². The fourth-order valence-electron chi connectivity index (χ4n) is 4.01. The molecule has 2 fully saturated rings. The van der Waals surface area contributed by atoms with E-state index in [9.17, 15) is 44.3 Å². The normalized spacial score (nSPS) is 18.8. The van der Waals surface area contributed by atoms with Crippen molar-refractivity contribution < 1.29 is 74.0 Å². The molecule has 46 heavy (non-hydrogen) atoms. The zero-order valence-electron chi connectivity index (χ0n) is 23.8. The molecule has 1 amide bonds. The second kappa shape index (κ2) is 16.0. The number of halogens is 9. The number of piperazine rings is 1. The van der Waals surface area contributed by atoms with Crippen LogP contribution in [0.1, 0.15) is 16.2 Å². The van der Waals surface area contributed by atoms with Crippen LogP contribution >= 0.6 is 11.3 Å². The topological polar surface area (TPSA) is 152 Å². The Labute approximate surface area is 258 Å². The summed E-state index contributed by atoms with van der Waals surface area (Å²) in [5.74, 6) is -8.11. The third kappa shape index (κ3) is 12.8. The number of nitrogens with zero attached hydrogens (tertiary/aromatic N) is 4. The number of rotatable bonds is 3. The Morgan fingerprint density at radius 1 is 0.891 bits per heavy atom. The van der Waals surface area contributed by atoms with Gasteiger partial charge in [0.05, 0.1) is 24.0 Å². The zero-order valence-corrected chi connectivity index (χ0v) is 24.6. The zero-order chi connectivity index (χ0) is 35.7. The van der Waals surface area contributed by atoms with Crippen LogP contribution in [0.15, 0.2) is 36.7 Å². The summed E-state index contributed by atoms with van der Waals surface area (Å²) in [5, 5.41) is 21.4. The van der Waals surface area contributed by atoms with Crippen molar-refractivity contribution >= 4 is 40.8 Å². The number of carboxylic acid groups (broad SMARTS) is 3. The third-order valence-corrected chi connectivity index (χ3v) is 7.19. The number of pyridine rings is 1. The van der Waals surface area contributed by atoms with Crippen LogP contribution in [0.4, 0.5) is 45.2 Å². The average Bonchev–Trinajstić information content (AvgIpc) is 3.52. The van der Waals surface area contributed by atoms with Gasteiger partial charge in [0.2, 0.25) is 5.91 Å². The van der Waals surface area contributed by atoms with E-state index in [1.807, 2.05) is 28.4 Å². The Morgan fingerprint density at radius 2 is 1.39 bits per heavy atom. The van der Waals surface area contributed by atoms with Crippen LogP contribution in [0.2, 0.25) is 0 Å². The Morgan fingerprint density at radius 3 is 1.78 bits per heavy atom. The van der Waals surface area contributed by atoms with Crippen molar-refractivity contribution in [3.8, 4) is 0 Å². The predicted octanol–water partition coefficient (Wildman–Crippen LogP) is 4.27. The quantitative estimate of drug-likeness (QED) is 0.397. The molecule has 2 aliphatic heterocycles. The molecular formula is C25H27F9N4O7S. The lowest BCUT2D eigenvalue weighted by molar-refractivity contribution is -0.193. The highest BCUT2D eigenvalue weighted by Gasteiger charge is 2.47. The molecule has 0 bridgehead atoms. The molecule has 0 aromatic carbocycles. The van der Waals surface area contributed by atoms with Crippen molar-refractivity contribution in [2.75, 3.05) is 38.1 Å². The molecule has 0 saturated carbocycles. The van der Waals surface area contributed by atoms with Gasteiger partial charge in [-0.25, -0.2) is 14.4 Å². The van der Waals surface area contributed by atoms with Crippen molar-refractivity contribution in [1.29, 1.82) is 0 Å². The smallest absolute Gasteiger partial charge is 0.475 e. The first-order chi connectivity index (χ1) is 20.9. The summed E-state index contributed by atoms with van der Waals surface area (Å²) in [6, 6.07) is 8.31. The third-order valence-electron chi connectivity index (χ3n) is 6.21. The number of thiophene rings is 1. The number of aliphatic carboxylic acids is 3. The van der Waals surface area contributed by atoms with Crippen molar-refractivity contribution in [2.24, 2.45) is 0 Å². The molecule has 2 aromatic heterocycles. The molecule has 1 unspecified atom stereocenters. The molecule has 4 rings (SSSR count). The highest BCUT2D eigenvalue weighted by atomic mass is 32.1. The van der Waals surface area contributed by atoms with Gasteiger partial charge in [-0.15, -0.1) is 11.3 Å². The van der Waals surface area contributed by atoms with E-state index in [-0.39, 0.29) is 11.4 Å². The van der Waals surface area contributed by atoms with Crippen LogP contribution in [0.25, 0.3) is 0 Å². The molecule has 1 spiro atoms. The lowest BCUT2D eigenvalue weighted by atomic mass is 9.92. The maximum absolute atomic E-state index is 12.6. The largest absolute Gasteiger partial charge is 0.490 e. The molecule has 21 heteroatoms. The standard InChI is InChI=1S/C19H24N4OS.3C2HF3O2/c1-15-5-6-17(25-15)11-22-9-7-19(13-22)14-23(18(24)12-21(19)2)16-4-3-8-20-10-16;3*3-2(4,5)1(6)7/h3-6,8,10H,7,9,11-14H2,1-2H3;3*(H,6,7). The fraction of sp³-hybridized carbons (Fsp3) is 0.480. The fourth-order valence-corrected chi connectivity index (χ4v) is 4.95. The number of anilines is 1. The van der Waals surface area contributed by atoms with Gasteiger partial charge in [0.25, 0.3) is 0 Å². The molecule has 4 heterocycles. The van der Waals surface area contributed by atoms with Gasteiger partial charge in [-0.2, -0.15) is 39.5 Å². The minimum Gasteiger partial charge on any atom is -0.475 e. The van der Waals surface area contributed by atoms with Crippen LogP contribution in [-0.4, -0.2) is 111 Å². The van der Waals surface area contributed by atoms with E-state index >= 15 is 0 Å². The van der Waals surface area contributed by atoms with Crippen LogP contribution in [-0.2, 0) is 25.7 Å². The van der Waals surface area contributed by atoms with E-state index in [0.29, 0.717) is 6.54 Å². The molecular weight excluding hydrogens is 671 g/mol. The first-order valence-electron chi connectivity index (χ1n) is 12.5. The van der Waals surface area contributed by atoms with Crippen LogP contribution in [0.5, 0.6) is 0 Å². The summed E-state index contributed by atoms with van der Waals surface area (Å²) in [6.07, 6.45) is -10.6. The Hall–Kier alpha value is -3.98. The summed E-state index contributed by atoms with van der Waals surface area (Å²) >= 11 is 1.88. The summed E-state index contributed by atoms with van der Waals surface area (Å²) in [4.78, 5) is 52.9. The van der Waals surface area contributed by atoms with E-state index in [2.05, 4.69) is 40.9 Å². The SMILES string of the molecule is Cc1ccc(CN2CCC3(C2)CN(c2cccnc2)C(=O)CN3C)s1.O=C(O)C(F)(F)F.O=C(O)C(F)(F)F.O=C(O)C(F)(F)F. The molecule has 2 aliphatic rings. The number of carboxylic acids is 3. The van der Waals surface area contributed by atoms with Gasteiger partial charge in [0, 0.05) is 42.1 Å². The number of amides is 1. The number of aromatic nitrogens is 1. The van der Waals surface area contributed by atoms with E-state index < -0.39 is 36.4 Å². The van der Waals surface area contributed by atoms with Crippen molar-refractivity contribution in [2.45, 2.75) is 44.0 Å². The first kappa shape index (κ1) is 40.0. The molecule has 1 atom stereocenters. The summed E-state index contributed by atoms with van der Waals surface area (Å²) in [7, 11) is 2.09. The van der Waals surface area contributed by atoms with Gasteiger partial charge in [-0.3, -0.25) is 19.6 Å². The number of aryl methyl sites for hydroxylation is 1. The maximum Gasteiger partial charge on any atom is 0.490 e. The lowest BCUT2D eigenvalue weighted by Gasteiger charge is -2.46. The Bertz CT molecular complexity index is 1280. The van der Waals surface area contributed by atoms with Gasteiger partial charge in [0.15, 0.2) is 0 Å². The molecule has 2 saturated heterocycles. The molecule has 11 nitrogen and oxygen atoms in total. The average molecular weight is 699 g/mol. The monoisotopic (exact) mass is 698 g/mol. The number of carbonyl (C=O) groups is 4. The van der Waals surface area contributed by atoms with Crippen LogP contribution < -0.4 is 4.90 Å². The number of hydrogen-bond acceptors (Lipinski definition) is 8. The van der Waals surface area contributed by atoms with E-state index in [1.54, 1.807) is 12.4 Å². The Kier molecular flexibility index (Phi) is 14.0. The molecule has 0 aliphatic carbocycles. The number of likely N-dealkylation sites (tertiary alicyclic amines) is 1. The number of carbonyl (C=O) groups excluding carboxylic acids is 1. The second-order valence-corrected chi connectivity index (χ2v) is 11.0. The van der Waals surface area contributed by atoms with Gasteiger partial charge in [0.1, 0.15) is 0 Å². The molecule has 258 valence electrons. The van der Waals surface area contributed by atoms with E-state index in [4.69, 9.17) is 29.7 Å². The molecule has 2 aromatic rings. The van der Waals surface area contributed by atoms with Gasteiger partial charge < -0.3 is 20.2 Å². The summed E-state index contributed by atoms with van der Waals surface area (Å²) in [5.41, 5.74) is 0.947. The molecule has 3 N–H and O–H groups in total. The minimum atomic E-state index is -5.08. The van der Waals surface area contributed by atoms with Crippen molar-refractivity contribution in [1.82, 2.24) is 14.8 Å². The van der Waals surface area contributed by atoms with E-state index in [0.717, 1.165) is 38.3 Å². The highest BCUT2D eigenvalue weighted by molar-refractivity contribution is 7.11. The lowest BCUT2D eigenvalue weighted by Crippen LogP contribution is -2.64. The summed E-state index contributed by atoms with van der Waals surface area (Å²) in [6.45, 7) is 6.47. The van der Waals surface area contributed by atoms with Gasteiger partial charge in [-0.1, -0.05) is 0 Å². The predicted molar refractivity (Wildman–Crippen MR) is 142 cm³/mol. The van der Waals surface area contributed by atoms with Gasteiger partial charge in [-0.05, 0) is 44.7 Å². The Balaban J connectivity index is 0.000000413. The minimum absolute atomic E-state index is 0.0378. The van der Waals surface area contributed by atoms with E-state index in [1.165, 1.54) is 9.75 Å². The number of likely N-dealkylation sites (N-methyl/N-ethyl adjacent to an activating group) is 1. The van der Waals surface area contributed by atoms with Crippen LogP contribution in [0.3, 0.4) is 0 Å².